The zero-order valence-electron chi connectivity index (χ0n) is 11.5. The molecule has 0 spiro atoms. The first-order valence-corrected chi connectivity index (χ1v) is 6.17. The van der Waals surface area contributed by atoms with E-state index in [1.165, 1.54) is 0 Å². The summed E-state index contributed by atoms with van der Waals surface area (Å²) < 4.78 is 5.51. The molecule has 0 fully saturated rings. The van der Waals surface area contributed by atoms with E-state index in [1.54, 1.807) is 6.92 Å². The molecule has 0 aromatic rings. The molecule has 1 unspecified atom stereocenters. The van der Waals surface area contributed by atoms with Gasteiger partial charge in [0.1, 0.15) is 6.10 Å². The molecule has 0 amide bonds. The van der Waals surface area contributed by atoms with E-state index in [4.69, 9.17) is 4.74 Å². The second-order valence-corrected chi connectivity index (χ2v) is 5.20. The van der Waals surface area contributed by atoms with Crippen LogP contribution in [-0.2, 0) is 9.53 Å². The zero-order chi connectivity index (χ0) is 12.9. The average molecular weight is 226 g/mol. The third-order valence-electron chi connectivity index (χ3n) is 2.98. The van der Waals surface area contributed by atoms with Gasteiger partial charge >= 0.3 is 5.97 Å². The normalized spacial score (nSPS) is 13.3. The Balaban J connectivity index is 4.68. The maximum atomic E-state index is 11.5. The summed E-state index contributed by atoms with van der Waals surface area (Å²) in [6.07, 6.45) is 0.865. The first-order chi connectivity index (χ1) is 7.31. The summed E-state index contributed by atoms with van der Waals surface area (Å²) in [5.74, 6) is 1.18. The summed E-state index contributed by atoms with van der Waals surface area (Å²) in [5, 5.41) is 0. The molecular weight excluding hydrogens is 200 g/mol. The van der Waals surface area contributed by atoms with Gasteiger partial charge in [-0.3, -0.25) is 0 Å². The minimum absolute atomic E-state index is 0.00389. The smallest absolute Gasteiger partial charge is 0.333 e. The molecule has 16 heavy (non-hydrogen) atoms. The van der Waals surface area contributed by atoms with Gasteiger partial charge in [-0.05, 0) is 25.2 Å². The van der Waals surface area contributed by atoms with E-state index in [0.29, 0.717) is 23.3 Å². The fourth-order valence-corrected chi connectivity index (χ4v) is 2.30. The van der Waals surface area contributed by atoms with Crippen molar-refractivity contribution < 1.29 is 9.53 Å². The predicted molar refractivity (Wildman–Crippen MR) is 68.2 cm³/mol. The fraction of sp³-hybridized carbons (Fsp3) is 0.786. The third-order valence-corrected chi connectivity index (χ3v) is 2.98. The predicted octanol–water partition coefficient (Wildman–Crippen LogP) is 3.81. The molecule has 0 aliphatic rings. The number of ether oxygens (including phenoxy) is 1. The number of hydrogen-bond donors (Lipinski definition) is 0. The standard InChI is InChI=1S/C14H26O2/c1-8-12(16-14(15)11(6)7)13(9(2)3)10(4)5/h9-10,12-13H,6,8H2,1-5,7H3. The number of esters is 1. The van der Waals surface area contributed by atoms with E-state index in [0.717, 1.165) is 6.42 Å². The van der Waals surface area contributed by atoms with Crippen molar-refractivity contribution >= 4 is 5.97 Å². The van der Waals surface area contributed by atoms with Crippen LogP contribution >= 0.6 is 0 Å². The highest BCUT2D eigenvalue weighted by Gasteiger charge is 2.29. The van der Waals surface area contributed by atoms with Crippen LogP contribution in [0.25, 0.3) is 0 Å². The van der Waals surface area contributed by atoms with Gasteiger partial charge in [0.15, 0.2) is 0 Å². The van der Waals surface area contributed by atoms with Crippen molar-refractivity contribution in [2.24, 2.45) is 17.8 Å². The van der Waals surface area contributed by atoms with Crippen LogP contribution in [0.5, 0.6) is 0 Å². The lowest BCUT2D eigenvalue weighted by atomic mass is 9.80. The van der Waals surface area contributed by atoms with Gasteiger partial charge in [0.2, 0.25) is 0 Å². The largest absolute Gasteiger partial charge is 0.459 e. The molecule has 94 valence electrons. The lowest BCUT2D eigenvalue weighted by Crippen LogP contribution is -2.33. The topological polar surface area (TPSA) is 26.3 Å². The van der Waals surface area contributed by atoms with E-state index < -0.39 is 0 Å². The Kier molecular flexibility index (Phi) is 6.39. The molecule has 2 nitrogen and oxygen atoms in total. The second-order valence-electron chi connectivity index (χ2n) is 5.20. The summed E-state index contributed by atoms with van der Waals surface area (Å²) in [6, 6.07) is 0. The summed E-state index contributed by atoms with van der Waals surface area (Å²) in [4.78, 5) is 11.5. The Morgan fingerprint density at radius 1 is 1.19 bits per heavy atom. The van der Waals surface area contributed by atoms with Crippen LogP contribution in [0.1, 0.15) is 48.0 Å². The van der Waals surface area contributed by atoms with Gasteiger partial charge in [0.25, 0.3) is 0 Å². The summed E-state index contributed by atoms with van der Waals surface area (Å²) in [6.45, 7) is 16.1. The number of hydrogen-bond acceptors (Lipinski definition) is 2. The molecule has 0 radical (unpaired) electrons. The molecule has 1 atom stereocenters. The highest BCUT2D eigenvalue weighted by Crippen LogP contribution is 2.28. The fourth-order valence-electron chi connectivity index (χ4n) is 2.30. The first-order valence-electron chi connectivity index (χ1n) is 6.17. The van der Waals surface area contributed by atoms with Gasteiger partial charge in [-0.2, -0.15) is 0 Å². The molecule has 0 bridgehead atoms. The van der Waals surface area contributed by atoms with Gasteiger partial charge in [-0.1, -0.05) is 41.2 Å². The van der Waals surface area contributed by atoms with Crippen LogP contribution in [0.3, 0.4) is 0 Å². The highest BCUT2D eigenvalue weighted by atomic mass is 16.5. The molecule has 0 rings (SSSR count). The van der Waals surface area contributed by atoms with Crippen LogP contribution in [0.4, 0.5) is 0 Å². The molecule has 0 aromatic carbocycles. The molecule has 0 saturated heterocycles. The van der Waals surface area contributed by atoms with Gasteiger partial charge in [-0.15, -0.1) is 0 Å². The Bertz CT molecular complexity index is 233. The van der Waals surface area contributed by atoms with Crippen molar-refractivity contribution in [3.63, 3.8) is 0 Å². The zero-order valence-corrected chi connectivity index (χ0v) is 11.5. The molecular formula is C14H26O2. The average Bonchev–Trinajstić information content (AvgIpc) is 2.14. The second kappa shape index (κ2) is 6.72. The molecule has 0 aliphatic carbocycles. The van der Waals surface area contributed by atoms with E-state index in [9.17, 15) is 4.79 Å². The Morgan fingerprint density at radius 2 is 1.62 bits per heavy atom. The molecule has 0 N–H and O–H groups in total. The van der Waals surface area contributed by atoms with Crippen LogP contribution in [-0.4, -0.2) is 12.1 Å². The maximum absolute atomic E-state index is 11.5. The Hall–Kier alpha value is -0.790. The lowest BCUT2D eigenvalue weighted by Gasteiger charge is -2.32. The van der Waals surface area contributed by atoms with Crippen molar-refractivity contribution in [2.75, 3.05) is 0 Å². The van der Waals surface area contributed by atoms with Crippen LogP contribution in [0, 0.1) is 17.8 Å². The molecule has 0 aromatic heterocycles. The van der Waals surface area contributed by atoms with Crippen molar-refractivity contribution in [1.29, 1.82) is 0 Å². The number of rotatable bonds is 6. The maximum Gasteiger partial charge on any atom is 0.333 e. The minimum Gasteiger partial charge on any atom is -0.459 e. The van der Waals surface area contributed by atoms with E-state index in [2.05, 4.69) is 41.2 Å². The summed E-state index contributed by atoms with van der Waals surface area (Å²) in [7, 11) is 0. The quantitative estimate of drug-likeness (QED) is 0.508. The first kappa shape index (κ1) is 15.2. The minimum atomic E-state index is -0.266. The highest BCUT2D eigenvalue weighted by molar-refractivity contribution is 5.87. The number of carbonyl (C=O) groups is 1. The SMILES string of the molecule is C=C(C)C(=O)OC(CC)C(C(C)C)C(C)C. The van der Waals surface area contributed by atoms with Crippen molar-refractivity contribution in [3.05, 3.63) is 12.2 Å². The number of carbonyl (C=O) groups excluding carboxylic acids is 1. The Morgan fingerprint density at radius 3 is 1.88 bits per heavy atom. The van der Waals surface area contributed by atoms with Crippen LogP contribution in [0.15, 0.2) is 12.2 Å². The van der Waals surface area contributed by atoms with Crippen molar-refractivity contribution in [2.45, 2.75) is 54.1 Å². The van der Waals surface area contributed by atoms with E-state index >= 15 is 0 Å². The van der Waals surface area contributed by atoms with Gasteiger partial charge in [0.05, 0.1) is 0 Å². The van der Waals surface area contributed by atoms with E-state index in [-0.39, 0.29) is 12.1 Å². The van der Waals surface area contributed by atoms with Crippen molar-refractivity contribution in [1.82, 2.24) is 0 Å². The van der Waals surface area contributed by atoms with Gasteiger partial charge < -0.3 is 4.74 Å². The van der Waals surface area contributed by atoms with Crippen molar-refractivity contribution in [3.8, 4) is 0 Å². The third kappa shape index (κ3) is 4.38. The summed E-state index contributed by atoms with van der Waals surface area (Å²) >= 11 is 0. The molecule has 2 heteroatoms. The Labute approximate surface area is 100 Å². The monoisotopic (exact) mass is 226 g/mol. The van der Waals surface area contributed by atoms with Crippen LogP contribution < -0.4 is 0 Å². The molecule has 0 saturated carbocycles. The van der Waals surface area contributed by atoms with Crippen LogP contribution in [0.2, 0.25) is 0 Å². The summed E-state index contributed by atoms with van der Waals surface area (Å²) in [5.41, 5.74) is 0.477. The van der Waals surface area contributed by atoms with E-state index in [1.807, 2.05) is 0 Å². The van der Waals surface area contributed by atoms with Gasteiger partial charge in [0, 0.05) is 11.5 Å². The van der Waals surface area contributed by atoms with Gasteiger partial charge in [-0.25, -0.2) is 4.79 Å². The lowest BCUT2D eigenvalue weighted by molar-refractivity contribution is -0.149. The molecule has 0 aliphatic heterocycles. The molecule has 0 heterocycles.